The Hall–Kier alpha value is -1.86. The third kappa shape index (κ3) is 8.84. The number of imide groups is 1. The van der Waals surface area contributed by atoms with E-state index in [1.54, 1.807) is 41.5 Å². The van der Waals surface area contributed by atoms with Gasteiger partial charge in [0.15, 0.2) is 11.9 Å². The van der Waals surface area contributed by atoms with Crippen LogP contribution in [-0.4, -0.2) is 59.3 Å². The molecule has 1 heterocycles. The van der Waals surface area contributed by atoms with E-state index in [1.807, 2.05) is 37.3 Å². The highest BCUT2D eigenvalue weighted by atomic mass is 31.2. The van der Waals surface area contributed by atoms with Crippen molar-refractivity contribution in [3.63, 3.8) is 0 Å². The zero-order valence-electron chi connectivity index (χ0n) is 24.5. The fourth-order valence-corrected chi connectivity index (χ4v) is 6.31. The van der Waals surface area contributed by atoms with Crippen molar-refractivity contribution in [1.82, 2.24) is 0 Å². The number of unbranched alkanes of at least 4 members (excludes halogenated alkanes) is 1. The molecule has 9 heteroatoms. The monoisotopic (exact) mass is 552 g/mol. The largest absolute Gasteiger partial charge is 0.524 e. The van der Waals surface area contributed by atoms with E-state index in [-0.39, 0.29) is 24.6 Å². The molecule has 1 fully saturated rings. The first-order valence-electron chi connectivity index (χ1n) is 13.7. The van der Waals surface area contributed by atoms with Gasteiger partial charge in [-0.15, -0.1) is 0 Å². The van der Waals surface area contributed by atoms with Crippen molar-refractivity contribution >= 4 is 25.4 Å². The van der Waals surface area contributed by atoms with Gasteiger partial charge in [0, 0.05) is 18.3 Å². The fraction of sp³-hybridized carbons (Fsp3) is 0.690. The Morgan fingerprint density at radius 3 is 2.21 bits per heavy atom. The number of rotatable bonds is 11. The number of quaternary nitrogens is 1. The lowest BCUT2D eigenvalue weighted by molar-refractivity contribution is -0.795. The lowest BCUT2D eigenvalue weighted by Crippen LogP contribution is -2.63. The first-order valence-corrected chi connectivity index (χ1v) is 15.4. The normalized spacial score (nSPS) is 22.5. The number of carbonyl (C=O) groups is 3. The number of likely N-dealkylation sites (tertiary alicyclic amines) is 1. The molecule has 0 aliphatic carbocycles. The van der Waals surface area contributed by atoms with E-state index in [2.05, 4.69) is 0 Å². The second-order valence-corrected chi connectivity index (χ2v) is 14.5. The minimum atomic E-state index is -3.84. The molecule has 214 valence electrons. The maximum Gasteiger partial charge on any atom is 0.524 e. The van der Waals surface area contributed by atoms with Gasteiger partial charge in [0.1, 0.15) is 18.2 Å². The molecule has 1 aromatic rings. The van der Waals surface area contributed by atoms with Crippen molar-refractivity contribution in [3.05, 3.63) is 35.9 Å². The molecule has 0 N–H and O–H groups in total. The van der Waals surface area contributed by atoms with Gasteiger partial charge in [-0.2, -0.15) is 9.28 Å². The molecule has 38 heavy (non-hydrogen) atoms. The van der Waals surface area contributed by atoms with Crippen LogP contribution in [0, 0.1) is 5.41 Å². The smallest absolute Gasteiger partial charge is 0.414 e. The van der Waals surface area contributed by atoms with Gasteiger partial charge in [-0.3, -0.25) is 13.9 Å². The number of hydrogen-bond acceptors (Lipinski definition) is 7. The number of benzene rings is 1. The molecule has 0 spiro atoms. The van der Waals surface area contributed by atoms with Crippen LogP contribution in [0.4, 0.5) is 4.79 Å². The van der Waals surface area contributed by atoms with Crippen LogP contribution in [0.15, 0.2) is 30.3 Å². The van der Waals surface area contributed by atoms with E-state index in [0.717, 1.165) is 12.8 Å². The van der Waals surface area contributed by atoms with Crippen LogP contribution in [0.1, 0.15) is 86.6 Å². The Kier molecular flexibility index (Phi) is 11.1. The molecule has 1 saturated heterocycles. The summed E-state index contributed by atoms with van der Waals surface area (Å²) in [6.07, 6.45) is 1.70. The maximum atomic E-state index is 13.9. The van der Waals surface area contributed by atoms with Gasteiger partial charge in [0.05, 0.1) is 12.7 Å². The highest BCUT2D eigenvalue weighted by Gasteiger charge is 2.57. The van der Waals surface area contributed by atoms with Gasteiger partial charge in [-0.05, 0) is 59.4 Å². The van der Waals surface area contributed by atoms with Crippen LogP contribution in [0.3, 0.4) is 0 Å². The number of ketones is 1. The predicted molar refractivity (Wildman–Crippen MR) is 148 cm³/mol. The summed E-state index contributed by atoms with van der Waals surface area (Å²) in [5.41, 5.74) is -0.266. The quantitative estimate of drug-likeness (QED) is 0.171. The van der Waals surface area contributed by atoms with Gasteiger partial charge >= 0.3 is 19.6 Å². The number of amides is 2. The van der Waals surface area contributed by atoms with E-state index in [1.165, 1.54) is 12.5 Å². The predicted octanol–water partition coefficient (Wildman–Crippen LogP) is 6.70. The van der Waals surface area contributed by atoms with E-state index in [9.17, 15) is 18.9 Å². The molecule has 2 rings (SSSR count). The Morgan fingerprint density at radius 1 is 1.05 bits per heavy atom. The average molecular weight is 553 g/mol. The highest BCUT2D eigenvalue weighted by Crippen LogP contribution is 2.51. The van der Waals surface area contributed by atoms with E-state index in [0.29, 0.717) is 25.8 Å². The highest BCUT2D eigenvalue weighted by molar-refractivity contribution is 7.53. The second kappa shape index (κ2) is 13.0. The summed E-state index contributed by atoms with van der Waals surface area (Å²) in [5, 5.41) is 0. The molecular formula is C29H47NO7P+. The Balaban J connectivity index is 2.20. The first kappa shape index (κ1) is 32.4. The molecule has 0 bridgehead atoms. The van der Waals surface area contributed by atoms with Crippen molar-refractivity contribution in [2.75, 3.05) is 19.3 Å². The number of ether oxygens (including phenoxy) is 1. The summed E-state index contributed by atoms with van der Waals surface area (Å²) in [6.45, 7) is 13.9. The van der Waals surface area contributed by atoms with E-state index >= 15 is 0 Å². The molecular weight excluding hydrogens is 505 g/mol. The number of Topliss-reactive ketones (excluding diaryl/α,β-unsaturated/α-hetero) is 1. The SMILES string of the molecule is CC(OP(=O)(CCCCc1ccccc1)OCC(=O)C(C)(C)C)C(=O)[N+]1(C(=O)OC(C)(C)C)CCC[C@H]1C. The molecule has 2 amide bonds. The number of aryl methyl sites for hydroxylation is 1. The van der Waals surface area contributed by atoms with Gasteiger partial charge < -0.3 is 9.26 Å². The Morgan fingerprint density at radius 2 is 1.68 bits per heavy atom. The van der Waals surface area contributed by atoms with Crippen LogP contribution in [0.2, 0.25) is 0 Å². The summed E-state index contributed by atoms with van der Waals surface area (Å²) in [6, 6.07) is 9.68. The van der Waals surface area contributed by atoms with Crippen LogP contribution < -0.4 is 0 Å². The Labute approximate surface area is 228 Å². The average Bonchev–Trinajstić information content (AvgIpc) is 3.21. The number of carbonyl (C=O) groups excluding carboxylic acids is 3. The summed E-state index contributed by atoms with van der Waals surface area (Å²) in [4.78, 5) is 39.6. The lowest BCUT2D eigenvalue weighted by atomic mass is 9.91. The molecule has 4 atom stereocenters. The maximum absolute atomic E-state index is 13.9. The molecule has 1 aromatic carbocycles. The van der Waals surface area contributed by atoms with E-state index in [4.69, 9.17) is 13.8 Å². The van der Waals surface area contributed by atoms with Crippen molar-refractivity contribution in [2.45, 2.75) is 105 Å². The van der Waals surface area contributed by atoms with Gasteiger partial charge in [-0.25, -0.2) is 4.79 Å². The molecule has 0 aromatic heterocycles. The van der Waals surface area contributed by atoms with Crippen LogP contribution in [0.25, 0.3) is 0 Å². The van der Waals surface area contributed by atoms with Gasteiger partial charge in [0.2, 0.25) is 0 Å². The molecule has 3 unspecified atom stereocenters. The van der Waals surface area contributed by atoms with Crippen molar-refractivity contribution in [1.29, 1.82) is 0 Å². The summed E-state index contributed by atoms with van der Waals surface area (Å²) in [7, 11) is -3.84. The van der Waals surface area contributed by atoms with Gasteiger partial charge in [0.25, 0.3) is 0 Å². The standard InChI is InChI=1S/C29H47NO7P/c1-22-15-14-19-30(22,27(33)36-29(6,7)8)26(32)23(2)37-38(34,35-21-25(31)28(3,4)5)20-13-12-18-24-16-10-9-11-17-24/h9-11,16-17,22-23H,12-15,18-21H2,1-8H3/q+1/t22-,23?,30?,38?/m1/s1. The first-order chi connectivity index (χ1) is 17.5. The third-order valence-corrected chi connectivity index (χ3v) is 8.91. The molecule has 0 saturated carbocycles. The molecule has 0 radical (unpaired) electrons. The summed E-state index contributed by atoms with van der Waals surface area (Å²) in [5.74, 6) is -0.713. The zero-order valence-corrected chi connectivity index (χ0v) is 25.3. The van der Waals surface area contributed by atoms with Crippen molar-refractivity contribution in [2.24, 2.45) is 5.41 Å². The topological polar surface area (TPSA) is 96.0 Å². The third-order valence-electron chi connectivity index (χ3n) is 6.88. The minimum Gasteiger partial charge on any atom is -0.414 e. The summed E-state index contributed by atoms with van der Waals surface area (Å²) >= 11 is 0. The molecule has 8 nitrogen and oxygen atoms in total. The summed E-state index contributed by atoms with van der Waals surface area (Å²) < 4.78 is 30.6. The Bertz CT molecular complexity index is 1010. The van der Waals surface area contributed by atoms with E-state index < -0.39 is 41.2 Å². The lowest BCUT2D eigenvalue weighted by Gasteiger charge is -2.36. The van der Waals surface area contributed by atoms with Crippen LogP contribution >= 0.6 is 7.60 Å². The molecule has 1 aliphatic heterocycles. The van der Waals surface area contributed by atoms with Crippen LogP contribution in [0.5, 0.6) is 0 Å². The van der Waals surface area contributed by atoms with Crippen LogP contribution in [-0.2, 0) is 34.4 Å². The molecule has 1 aliphatic rings. The van der Waals surface area contributed by atoms with Gasteiger partial charge in [-0.1, -0.05) is 51.1 Å². The van der Waals surface area contributed by atoms with Crippen molar-refractivity contribution < 1.29 is 37.2 Å². The fourth-order valence-electron chi connectivity index (χ4n) is 4.52. The minimum absolute atomic E-state index is 0.0663. The zero-order chi connectivity index (χ0) is 28.8. The number of nitrogens with zero attached hydrogens (tertiary/aromatic N) is 1. The van der Waals surface area contributed by atoms with Crippen molar-refractivity contribution in [3.8, 4) is 0 Å². The second-order valence-electron chi connectivity index (χ2n) is 12.4. The number of hydrogen-bond donors (Lipinski definition) is 0.